The van der Waals surface area contributed by atoms with Crippen LogP contribution in [0.25, 0.3) is 0 Å². The Labute approximate surface area is 120 Å². The van der Waals surface area contributed by atoms with Crippen molar-refractivity contribution < 1.29 is 9.90 Å². The molecular formula is C13H16N4O2S. The van der Waals surface area contributed by atoms with E-state index < -0.39 is 11.9 Å². The number of thiazole rings is 1. The molecule has 106 valence electrons. The van der Waals surface area contributed by atoms with Crippen LogP contribution in [0.2, 0.25) is 0 Å². The average molecular weight is 292 g/mol. The molecule has 2 heterocycles. The van der Waals surface area contributed by atoms with E-state index in [0.717, 1.165) is 40.8 Å². The van der Waals surface area contributed by atoms with Crippen molar-refractivity contribution in [2.45, 2.75) is 25.2 Å². The number of aliphatic carboxylic acids is 1. The lowest BCUT2D eigenvalue weighted by atomic mass is 10.1. The van der Waals surface area contributed by atoms with Gasteiger partial charge in [-0.25, -0.2) is 4.98 Å². The largest absolute Gasteiger partial charge is 0.481 e. The Hall–Kier alpha value is -1.89. The molecule has 1 unspecified atom stereocenters. The van der Waals surface area contributed by atoms with Crippen LogP contribution in [-0.2, 0) is 24.7 Å². The molecule has 1 atom stereocenters. The molecule has 1 aliphatic carbocycles. The number of rotatable bonds is 5. The number of fused-ring (bicyclic) bond motifs is 1. The number of carbonyl (C=O) groups is 1. The van der Waals surface area contributed by atoms with Crippen LogP contribution in [0.15, 0.2) is 12.3 Å². The van der Waals surface area contributed by atoms with Crippen molar-refractivity contribution in [3.8, 4) is 0 Å². The van der Waals surface area contributed by atoms with Gasteiger partial charge in [-0.3, -0.25) is 9.48 Å². The minimum absolute atomic E-state index is 0.424. The Morgan fingerprint density at radius 1 is 1.65 bits per heavy atom. The summed E-state index contributed by atoms with van der Waals surface area (Å²) in [4.78, 5) is 16.6. The van der Waals surface area contributed by atoms with Gasteiger partial charge in [0.15, 0.2) is 5.13 Å². The molecule has 0 radical (unpaired) electrons. The van der Waals surface area contributed by atoms with Crippen LogP contribution in [0.4, 0.5) is 5.13 Å². The lowest BCUT2D eigenvalue weighted by Crippen LogP contribution is -2.09. The molecule has 2 N–H and O–H groups in total. The summed E-state index contributed by atoms with van der Waals surface area (Å²) >= 11 is 1.57. The average Bonchev–Trinajstić information content (AvgIpc) is 3.04. The van der Waals surface area contributed by atoms with Gasteiger partial charge in [-0.2, -0.15) is 5.10 Å². The van der Waals surface area contributed by atoms with E-state index in [1.807, 2.05) is 19.3 Å². The molecule has 0 saturated carbocycles. The summed E-state index contributed by atoms with van der Waals surface area (Å²) < 4.78 is 1.78. The Bertz CT molecular complexity index is 634. The van der Waals surface area contributed by atoms with Crippen molar-refractivity contribution in [2.24, 2.45) is 7.05 Å². The maximum Gasteiger partial charge on any atom is 0.312 e. The highest BCUT2D eigenvalue weighted by atomic mass is 32.1. The van der Waals surface area contributed by atoms with Gasteiger partial charge in [-0.1, -0.05) is 0 Å². The second kappa shape index (κ2) is 5.24. The van der Waals surface area contributed by atoms with Gasteiger partial charge in [-0.15, -0.1) is 11.3 Å². The van der Waals surface area contributed by atoms with Gasteiger partial charge in [-0.05, 0) is 18.9 Å². The number of carboxylic acid groups (broad SMARTS) is 1. The molecule has 2 aromatic heterocycles. The number of aromatic nitrogens is 3. The second-order valence-electron chi connectivity index (χ2n) is 4.91. The lowest BCUT2D eigenvalue weighted by Gasteiger charge is -2.03. The predicted octanol–water partition coefficient (Wildman–Crippen LogP) is 1.65. The minimum Gasteiger partial charge on any atom is -0.481 e. The van der Waals surface area contributed by atoms with Crippen molar-refractivity contribution in [1.29, 1.82) is 0 Å². The van der Waals surface area contributed by atoms with Crippen molar-refractivity contribution >= 4 is 22.4 Å². The van der Waals surface area contributed by atoms with E-state index in [-0.39, 0.29) is 0 Å². The van der Waals surface area contributed by atoms with Gasteiger partial charge < -0.3 is 10.4 Å². The number of nitrogens with one attached hydrogen (secondary N) is 1. The van der Waals surface area contributed by atoms with E-state index in [4.69, 9.17) is 5.11 Å². The first kappa shape index (κ1) is 13.1. The molecule has 0 saturated heterocycles. The Balaban J connectivity index is 1.59. The zero-order chi connectivity index (χ0) is 14.1. The molecule has 2 aromatic rings. The van der Waals surface area contributed by atoms with E-state index in [0.29, 0.717) is 6.42 Å². The maximum absolute atomic E-state index is 11.1. The standard InChI is InChI=1S/C13H16N4O2S/c1-17-7-5-8(16-17)4-6-14-13-15-11-9(12(18)19)2-3-10(11)20-13/h5,7,9H,2-4,6H2,1H3,(H,14,15)(H,18,19). The topological polar surface area (TPSA) is 80.0 Å². The number of carboxylic acids is 1. The Morgan fingerprint density at radius 2 is 2.50 bits per heavy atom. The summed E-state index contributed by atoms with van der Waals surface area (Å²) in [5.41, 5.74) is 1.79. The fourth-order valence-corrected chi connectivity index (χ4v) is 3.50. The van der Waals surface area contributed by atoms with E-state index in [9.17, 15) is 4.79 Å². The van der Waals surface area contributed by atoms with Crippen LogP contribution >= 0.6 is 11.3 Å². The van der Waals surface area contributed by atoms with Gasteiger partial charge in [0.25, 0.3) is 0 Å². The minimum atomic E-state index is -0.769. The third-order valence-electron chi connectivity index (χ3n) is 3.44. The number of hydrogen-bond donors (Lipinski definition) is 2. The number of nitrogens with zero attached hydrogens (tertiary/aromatic N) is 3. The molecule has 20 heavy (non-hydrogen) atoms. The summed E-state index contributed by atoms with van der Waals surface area (Å²) in [5.74, 6) is -1.19. The van der Waals surface area contributed by atoms with E-state index in [1.54, 1.807) is 16.0 Å². The van der Waals surface area contributed by atoms with Crippen molar-refractivity contribution in [2.75, 3.05) is 11.9 Å². The molecule has 0 aromatic carbocycles. The van der Waals surface area contributed by atoms with E-state index in [1.165, 1.54) is 0 Å². The van der Waals surface area contributed by atoms with E-state index in [2.05, 4.69) is 15.4 Å². The molecule has 0 spiro atoms. The van der Waals surface area contributed by atoms with Gasteiger partial charge in [0.2, 0.25) is 0 Å². The molecule has 7 heteroatoms. The highest BCUT2D eigenvalue weighted by molar-refractivity contribution is 7.15. The zero-order valence-electron chi connectivity index (χ0n) is 11.2. The van der Waals surface area contributed by atoms with E-state index >= 15 is 0 Å². The molecule has 0 aliphatic heterocycles. The second-order valence-corrected chi connectivity index (χ2v) is 6.00. The first-order chi connectivity index (χ1) is 9.63. The summed E-state index contributed by atoms with van der Waals surface area (Å²) in [6.45, 7) is 0.751. The lowest BCUT2D eigenvalue weighted by molar-refractivity contribution is -0.138. The normalized spacial score (nSPS) is 17.1. The number of hydrogen-bond acceptors (Lipinski definition) is 5. The molecular weight excluding hydrogens is 276 g/mol. The quantitative estimate of drug-likeness (QED) is 0.876. The van der Waals surface area contributed by atoms with Gasteiger partial charge >= 0.3 is 5.97 Å². The van der Waals surface area contributed by atoms with Crippen molar-refractivity contribution in [3.05, 3.63) is 28.5 Å². The highest BCUT2D eigenvalue weighted by Crippen LogP contribution is 2.38. The Morgan fingerprint density at radius 3 is 3.20 bits per heavy atom. The smallest absolute Gasteiger partial charge is 0.312 e. The zero-order valence-corrected chi connectivity index (χ0v) is 12.0. The first-order valence-electron chi connectivity index (χ1n) is 6.58. The van der Waals surface area contributed by atoms with Crippen LogP contribution in [0.1, 0.15) is 28.6 Å². The van der Waals surface area contributed by atoms with Gasteiger partial charge in [0, 0.05) is 31.1 Å². The fraction of sp³-hybridized carbons (Fsp3) is 0.462. The molecule has 0 amide bonds. The monoisotopic (exact) mass is 292 g/mol. The molecule has 1 aliphatic rings. The SMILES string of the molecule is Cn1ccc(CCNc2nc3c(s2)CCC3C(=O)O)n1. The number of aryl methyl sites for hydroxylation is 2. The predicted molar refractivity (Wildman–Crippen MR) is 76.2 cm³/mol. The van der Waals surface area contributed by atoms with Gasteiger partial charge in [0.1, 0.15) is 5.92 Å². The van der Waals surface area contributed by atoms with Crippen LogP contribution in [0.3, 0.4) is 0 Å². The molecule has 0 bridgehead atoms. The summed E-state index contributed by atoms with van der Waals surface area (Å²) in [6, 6.07) is 1.99. The van der Waals surface area contributed by atoms with Crippen LogP contribution in [-0.4, -0.2) is 32.4 Å². The first-order valence-corrected chi connectivity index (χ1v) is 7.40. The van der Waals surface area contributed by atoms with Crippen LogP contribution in [0, 0.1) is 0 Å². The summed E-state index contributed by atoms with van der Waals surface area (Å²) in [7, 11) is 1.90. The Kier molecular flexibility index (Phi) is 3.43. The third-order valence-corrected chi connectivity index (χ3v) is 4.53. The molecule has 6 nitrogen and oxygen atoms in total. The van der Waals surface area contributed by atoms with Crippen LogP contribution in [0.5, 0.6) is 0 Å². The molecule has 0 fully saturated rings. The third kappa shape index (κ3) is 2.53. The fourth-order valence-electron chi connectivity index (χ4n) is 2.44. The number of anilines is 1. The molecule has 3 rings (SSSR count). The highest BCUT2D eigenvalue weighted by Gasteiger charge is 2.32. The summed E-state index contributed by atoms with van der Waals surface area (Å²) in [5, 5.41) is 17.5. The van der Waals surface area contributed by atoms with Gasteiger partial charge in [0.05, 0.1) is 11.4 Å². The van der Waals surface area contributed by atoms with Crippen molar-refractivity contribution in [3.63, 3.8) is 0 Å². The summed E-state index contributed by atoms with van der Waals surface area (Å²) in [6.07, 6.45) is 4.25. The van der Waals surface area contributed by atoms with Crippen molar-refractivity contribution in [1.82, 2.24) is 14.8 Å². The van der Waals surface area contributed by atoms with Crippen LogP contribution < -0.4 is 5.32 Å². The maximum atomic E-state index is 11.1.